The molecule has 8 nitrogen and oxygen atoms in total. The largest absolute Gasteiger partial charge is 0.467 e. The van der Waals surface area contributed by atoms with E-state index >= 15 is 0 Å². The molecular formula is C21H26N2O6. The van der Waals surface area contributed by atoms with Crippen LogP contribution >= 0.6 is 0 Å². The minimum atomic E-state index is -0.588. The molecule has 2 N–H and O–H groups in total. The number of hydrogen-bond acceptors (Lipinski definition) is 6. The van der Waals surface area contributed by atoms with Crippen LogP contribution in [0.15, 0.2) is 40.9 Å². The van der Waals surface area contributed by atoms with E-state index in [-0.39, 0.29) is 42.9 Å². The van der Waals surface area contributed by atoms with E-state index in [0.29, 0.717) is 0 Å². The number of furan rings is 1. The fraction of sp³-hybridized carbons (Fsp3) is 0.429. The summed E-state index contributed by atoms with van der Waals surface area (Å²) in [6, 6.07) is 3.91. The van der Waals surface area contributed by atoms with Gasteiger partial charge in [-0.2, -0.15) is 0 Å². The van der Waals surface area contributed by atoms with Crippen LogP contribution in [0.5, 0.6) is 0 Å². The average molecular weight is 402 g/mol. The maximum absolute atomic E-state index is 11.6. The number of carbonyl (C=O) groups is 4. The molecule has 4 aliphatic heterocycles. The molecule has 2 unspecified atom stereocenters. The second-order valence-electron chi connectivity index (χ2n) is 7.46. The smallest absolute Gasteiger partial charge is 0.250 e. The zero-order chi connectivity index (χ0) is 20.7. The van der Waals surface area contributed by atoms with Gasteiger partial charge in [0, 0.05) is 12.2 Å². The summed E-state index contributed by atoms with van der Waals surface area (Å²) in [5, 5.41) is 4.40. The minimum Gasteiger partial charge on any atom is -0.467 e. The highest BCUT2D eigenvalue weighted by Crippen LogP contribution is 2.55. The number of imide groups is 2. The molecule has 0 aliphatic carbocycles. The van der Waals surface area contributed by atoms with Crippen LogP contribution in [0.4, 0.5) is 0 Å². The number of amides is 4. The quantitative estimate of drug-likeness (QED) is 0.504. The lowest BCUT2D eigenvalue weighted by molar-refractivity contribution is -0.132. The van der Waals surface area contributed by atoms with Gasteiger partial charge in [0.15, 0.2) is 0 Å². The van der Waals surface area contributed by atoms with Gasteiger partial charge < -0.3 is 9.15 Å². The van der Waals surface area contributed by atoms with Gasteiger partial charge in [-0.3, -0.25) is 29.8 Å². The molecule has 156 valence electrons. The minimum absolute atomic E-state index is 0. The second-order valence-corrected chi connectivity index (χ2v) is 7.46. The molecule has 0 saturated carbocycles. The third kappa shape index (κ3) is 4.22. The van der Waals surface area contributed by atoms with Crippen LogP contribution < -0.4 is 10.6 Å². The van der Waals surface area contributed by atoms with Gasteiger partial charge in [0.2, 0.25) is 11.8 Å². The fourth-order valence-corrected chi connectivity index (χ4v) is 3.88. The maximum Gasteiger partial charge on any atom is 0.250 e. The molecule has 8 heteroatoms. The van der Waals surface area contributed by atoms with Gasteiger partial charge in [-0.1, -0.05) is 19.6 Å². The van der Waals surface area contributed by atoms with E-state index in [9.17, 15) is 19.2 Å². The molecule has 0 aromatic carbocycles. The van der Waals surface area contributed by atoms with Gasteiger partial charge in [-0.25, -0.2) is 0 Å². The summed E-state index contributed by atoms with van der Waals surface area (Å²) in [6.07, 6.45) is 6.18. The van der Waals surface area contributed by atoms with Crippen molar-refractivity contribution in [2.24, 2.45) is 11.8 Å². The Hall–Kier alpha value is -3.00. The number of fused-ring (bicyclic) bond motifs is 5. The Kier molecular flexibility index (Phi) is 5.99. The summed E-state index contributed by atoms with van der Waals surface area (Å²) >= 11 is 0. The van der Waals surface area contributed by atoms with Crippen molar-refractivity contribution in [3.05, 3.63) is 48.0 Å². The zero-order valence-corrected chi connectivity index (χ0v) is 16.1. The van der Waals surface area contributed by atoms with Crippen molar-refractivity contribution in [2.45, 2.75) is 46.3 Å². The normalized spacial score (nSPS) is 32.6. The molecule has 1 aromatic rings. The van der Waals surface area contributed by atoms with Crippen LogP contribution in [0, 0.1) is 25.7 Å². The Morgan fingerprint density at radius 3 is 1.48 bits per heavy atom. The summed E-state index contributed by atoms with van der Waals surface area (Å²) in [7, 11) is 0. The Morgan fingerprint density at radius 1 is 0.793 bits per heavy atom. The van der Waals surface area contributed by atoms with Crippen molar-refractivity contribution in [2.75, 3.05) is 0 Å². The van der Waals surface area contributed by atoms with Crippen LogP contribution in [0.3, 0.4) is 0 Å². The second kappa shape index (κ2) is 7.79. The van der Waals surface area contributed by atoms with E-state index in [1.807, 2.05) is 57.3 Å². The first kappa shape index (κ1) is 22.3. The maximum atomic E-state index is 11.6. The topological polar surface area (TPSA) is 115 Å². The first-order chi connectivity index (χ1) is 13.0. The van der Waals surface area contributed by atoms with Crippen molar-refractivity contribution >= 4 is 23.6 Å². The molecule has 4 atom stereocenters. The van der Waals surface area contributed by atoms with Crippen molar-refractivity contribution in [3.63, 3.8) is 0 Å². The van der Waals surface area contributed by atoms with Gasteiger partial charge in [0.25, 0.3) is 11.8 Å². The van der Waals surface area contributed by atoms with Crippen molar-refractivity contribution in [1.29, 1.82) is 0 Å². The van der Waals surface area contributed by atoms with E-state index in [2.05, 4.69) is 5.32 Å². The Labute approximate surface area is 169 Å². The summed E-state index contributed by atoms with van der Waals surface area (Å²) in [5.74, 6) is 0.228. The Balaban J connectivity index is 0.000000170. The predicted molar refractivity (Wildman–Crippen MR) is 104 cm³/mol. The monoisotopic (exact) mass is 402 g/mol. The lowest BCUT2D eigenvalue weighted by atomic mass is 9.73. The summed E-state index contributed by atoms with van der Waals surface area (Å²) in [4.78, 5) is 43.2. The number of nitrogens with one attached hydrogen (secondary N) is 2. The molecular weight excluding hydrogens is 376 g/mol. The molecule has 4 amide bonds. The van der Waals surface area contributed by atoms with Crippen molar-refractivity contribution in [3.8, 4) is 0 Å². The van der Waals surface area contributed by atoms with Gasteiger partial charge in [0.05, 0.1) is 23.0 Å². The summed E-state index contributed by atoms with van der Waals surface area (Å²) in [6.45, 7) is 7.59. The third-order valence-electron chi connectivity index (χ3n) is 5.07. The van der Waals surface area contributed by atoms with Gasteiger partial charge in [-0.05, 0) is 39.8 Å². The first-order valence-electron chi connectivity index (χ1n) is 8.85. The van der Waals surface area contributed by atoms with E-state index in [1.165, 1.54) is 12.2 Å². The predicted octanol–water partition coefficient (Wildman–Crippen LogP) is 1.72. The highest BCUT2D eigenvalue weighted by molar-refractivity contribution is 6.12. The molecule has 5 heterocycles. The highest BCUT2D eigenvalue weighted by atomic mass is 16.5. The van der Waals surface area contributed by atoms with Crippen LogP contribution in [-0.2, 0) is 23.9 Å². The van der Waals surface area contributed by atoms with Crippen molar-refractivity contribution in [1.82, 2.24) is 10.6 Å². The van der Waals surface area contributed by atoms with Crippen LogP contribution in [0.1, 0.15) is 32.8 Å². The molecule has 1 aromatic heterocycles. The molecule has 29 heavy (non-hydrogen) atoms. The standard InChI is InChI=1S/C10H11NO3.C6H8O.C4H3NO2.CH4/c1-9-3-4-10(2,14-9)6-5(9)7(12)11-8(6)13;1-5-3-4-6(2)7-5;6-3-1-2-4(7)5-3;/h3-6H,1-2H3,(H,11,12,13);3-4H,1-2H3;1-2H,(H,5,6,7);1H4/t5-,6+,9?,10?;;;. The Bertz CT molecular complexity index is 848. The number of carbonyl (C=O) groups excluding carboxylic acids is 4. The zero-order valence-electron chi connectivity index (χ0n) is 16.1. The summed E-state index contributed by atoms with van der Waals surface area (Å²) < 4.78 is 10.8. The van der Waals surface area contributed by atoms with E-state index in [1.54, 1.807) is 0 Å². The fourth-order valence-electron chi connectivity index (χ4n) is 3.88. The number of rotatable bonds is 0. The lowest BCUT2D eigenvalue weighted by Crippen LogP contribution is -2.36. The summed E-state index contributed by atoms with van der Waals surface area (Å²) in [5.41, 5.74) is -1.18. The number of aryl methyl sites for hydroxylation is 2. The van der Waals surface area contributed by atoms with E-state index < -0.39 is 11.2 Å². The lowest BCUT2D eigenvalue weighted by Gasteiger charge is -2.22. The molecule has 2 fully saturated rings. The third-order valence-corrected chi connectivity index (χ3v) is 5.07. The van der Waals surface area contributed by atoms with Gasteiger partial charge >= 0.3 is 0 Å². The van der Waals surface area contributed by atoms with Crippen LogP contribution in [-0.4, -0.2) is 34.8 Å². The van der Waals surface area contributed by atoms with Crippen LogP contribution in [0.2, 0.25) is 0 Å². The molecule has 4 aliphatic rings. The number of hydrogen-bond donors (Lipinski definition) is 2. The van der Waals surface area contributed by atoms with E-state index in [0.717, 1.165) is 11.5 Å². The molecule has 5 rings (SSSR count). The average Bonchev–Trinajstić information content (AvgIpc) is 3.35. The number of ether oxygens (including phenoxy) is 1. The molecule has 0 spiro atoms. The van der Waals surface area contributed by atoms with Gasteiger partial charge in [0.1, 0.15) is 11.5 Å². The molecule has 2 bridgehead atoms. The molecule has 2 saturated heterocycles. The van der Waals surface area contributed by atoms with Gasteiger partial charge in [-0.15, -0.1) is 0 Å². The van der Waals surface area contributed by atoms with E-state index in [4.69, 9.17) is 9.15 Å². The first-order valence-corrected chi connectivity index (χ1v) is 8.85. The molecule has 0 radical (unpaired) electrons. The van der Waals surface area contributed by atoms with Crippen molar-refractivity contribution < 1.29 is 28.3 Å². The highest BCUT2D eigenvalue weighted by Gasteiger charge is 2.68. The Morgan fingerprint density at radius 2 is 1.21 bits per heavy atom. The van der Waals surface area contributed by atoms with Crippen LogP contribution in [0.25, 0.3) is 0 Å². The SMILES string of the molecule is C.CC12C=CC(C)(O1)[C@H]1C(=O)NC(=O)[C@H]12.Cc1ccc(C)o1.O=C1C=CC(=O)N1.